The molecule has 0 spiro atoms. The van der Waals surface area contributed by atoms with E-state index >= 15 is 0 Å². The van der Waals surface area contributed by atoms with Gasteiger partial charge in [-0.15, -0.1) is 0 Å². The van der Waals surface area contributed by atoms with E-state index in [4.69, 9.17) is 9.47 Å². The summed E-state index contributed by atoms with van der Waals surface area (Å²) < 4.78 is 23.9. The number of phenols is 1. The molecule has 0 aromatic heterocycles. The number of likely N-dealkylation sites (N-methyl/N-ethyl adjacent to an activating group) is 1. The molecular formula is C17H18FNO4. The van der Waals surface area contributed by atoms with E-state index in [1.165, 1.54) is 23.1 Å². The van der Waals surface area contributed by atoms with Crippen molar-refractivity contribution in [3.63, 3.8) is 0 Å². The first-order valence-electron chi connectivity index (χ1n) is 7.10. The van der Waals surface area contributed by atoms with Crippen LogP contribution in [0, 0.1) is 5.82 Å². The maximum absolute atomic E-state index is 13.4. The van der Waals surface area contributed by atoms with Crippen LogP contribution in [0.1, 0.15) is 0 Å². The molecule has 0 atom stereocenters. The Morgan fingerprint density at radius 1 is 1.09 bits per heavy atom. The van der Waals surface area contributed by atoms with Gasteiger partial charge in [-0.05, 0) is 24.3 Å². The molecule has 0 bridgehead atoms. The van der Waals surface area contributed by atoms with Gasteiger partial charge in [0.25, 0.3) is 5.91 Å². The van der Waals surface area contributed by atoms with Gasteiger partial charge < -0.3 is 19.5 Å². The summed E-state index contributed by atoms with van der Waals surface area (Å²) in [7, 11) is 1.60. The highest BCUT2D eigenvalue weighted by atomic mass is 19.1. The van der Waals surface area contributed by atoms with Crippen LogP contribution in [0.25, 0.3) is 0 Å². The minimum atomic E-state index is -0.440. The van der Waals surface area contributed by atoms with Gasteiger partial charge in [0.1, 0.15) is 6.61 Å². The molecule has 0 unspecified atom stereocenters. The molecule has 0 saturated carbocycles. The van der Waals surface area contributed by atoms with Crippen molar-refractivity contribution in [2.24, 2.45) is 0 Å². The van der Waals surface area contributed by atoms with Crippen molar-refractivity contribution in [2.45, 2.75) is 0 Å². The van der Waals surface area contributed by atoms with Gasteiger partial charge in [0.05, 0.1) is 6.54 Å². The topological polar surface area (TPSA) is 59.0 Å². The van der Waals surface area contributed by atoms with Gasteiger partial charge >= 0.3 is 0 Å². The number of carbonyl (C=O) groups excluding carboxylic acids is 1. The highest BCUT2D eigenvalue weighted by Crippen LogP contribution is 2.24. The summed E-state index contributed by atoms with van der Waals surface area (Å²) in [6.45, 7) is 0.255. The van der Waals surface area contributed by atoms with Crippen molar-refractivity contribution in [2.75, 3.05) is 26.8 Å². The fourth-order valence-electron chi connectivity index (χ4n) is 1.81. The molecule has 0 saturated heterocycles. The summed E-state index contributed by atoms with van der Waals surface area (Å²) in [6, 6.07) is 12.5. The quantitative estimate of drug-likeness (QED) is 0.851. The summed E-state index contributed by atoms with van der Waals surface area (Å²) in [6.07, 6.45) is 0. The Kier molecular flexibility index (Phi) is 5.80. The smallest absolute Gasteiger partial charge is 0.260 e. The van der Waals surface area contributed by atoms with Gasteiger partial charge in [0, 0.05) is 7.05 Å². The largest absolute Gasteiger partial charge is 0.504 e. The van der Waals surface area contributed by atoms with Gasteiger partial charge in [-0.1, -0.05) is 24.3 Å². The van der Waals surface area contributed by atoms with E-state index in [1.54, 1.807) is 37.4 Å². The third kappa shape index (κ3) is 4.88. The van der Waals surface area contributed by atoms with Crippen LogP contribution < -0.4 is 9.47 Å². The van der Waals surface area contributed by atoms with Crippen LogP contribution in [0.4, 0.5) is 4.39 Å². The summed E-state index contributed by atoms with van der Waals surface area (Å²) in [4.78, 5) is 13.3. The second kappa shape index (κ2) is 8.03. The molecule has 0 aliphatic heterocycles. The number of para-hydroxylation sites is 3. The highest BCUT2D eigenvalue weighted by molar-refractivity contribution is 5.77. The molecule has 2 rings (SSSR count). The SMILES string of the molecule is CN(CCOc1ccccc1F)C(=O)COc1ccccc1O. The maximum Gasteiger partial charge on any atom is 0.260 e. The number of benzene rings is 2. The molecule has 5 nitrogen and oxygen atoms in total. The molecule has 0 aliphatic rings. The van der Waals surface area contributed by atoms with Crippen molar-refractivity contribution >= 4 is 5.91 Å². The first kappa shape index (κ1) is 16.6. The Morgan fingerprint density at radius 3 is 2.43 bits per heavy atom. The minimum absolute atomic E-state index is 0.0224. The Bertz CT molecular complexity index is 663. The van der Waals surface area contributed by atoms with E-state index < -0.39 is 5.82 Å². The lowest BCUT2D eigenvalue weighted by atomic mass is 10.3. The second-order valence-electron chi connectivity index (χ2n) is 4.85. The van der Waals surface area contributed by atoms with Crippen molar-refractivity contribution in [3.05, 3.63) is 54.3 Å². The predicted molar refractivity (Wildman–Crippen MR) is 83.1 cm³/mol. The zero-order chi connectivity index (χ0) is 16.7. The molecule has 2 aromatic carbocycles. The summed E-state index contributed by atoms with van der Waals surface area (Å²) in [5, 5.41) is 9.55. The number of amides is 1. The van der Waals surface area contributed by atoms with E-state index in [-0.39, 0.29) is 42.9 Å². The standard InChI is InChI=1S/C17H18FNO4/c1-19(10-11-22-15-8-4-2-6-13(15)18)17(21)12-23-16-9-5-3-7-14(16)20/h2-9,20H,10-12H2,1H3. The molecule has 1 amide bonds. The number of nitrogens with zero attached hydrogens (tertiary/aromatic N) is 1. The van der Waals surface area contributed by atoms with Crippen LogP contribution in [0.15, 0.2) is 48.5 Å². The number of hydrogen-bond acceptors (Lipinski definition) is 4. The lowest BCUT2D eigenvalue weighted by Gasteiger charge is -2.18. The van der Waals surface area contributed by atoms with Crippen LogP contribution in [0.5, 0.6) is 17.2 Å². The molecular weight excluding hydrogens is 301 g/mol. The van der Waals surface area contributed by atoms with E-state index in [1.807, 2.05) is 0 Å². The van der Waals surface area contributed by atoms with Crippen LogP contribution in [-0.2, 0) is 4.79 Å². The average molecular weight is 319 g/mol. The molecule has 122 valence electrons. The van der Waals surface area contributed by atoms with E-state index in [0.29, 0.717) is 0 Å². The van der Waals surface area contributed by atoms with Crippen LogP contribution >= 0.6 is 0 Å². The van der Waals surface area contributed by atoms with Crippen LogP contribution in [-0.4, -0.2) is 42.7 Å². The van der Waals surface area contributed by atoms with Crippen molar-refractivity contribution in [3.8, 4) is 17.2 Å². The molecule has 0 radical (unpaired) electrons. The third-order valence-electron chi connectivity index (χ3n) is 3.16. The van der Waals surface area contributed by atoms with Gasteiger partial charge in [0.15, 0.2) is 29.7 Å². The number of rotatable bonds is 7. The van der Waals surface area contributed by atoms with Gasteiger partial charge in [-0.25, -0.2) is 4.39 Å². The first-order valence-corrected chi connectivity index (χ1v) is 7.10. The predicted octanol–water partition coefficient (Wildman–Crippen LogP) is 2.45. The van der Waals surface area contributed by atoms with Crippen LogP contribution in [0.2, 0.25) is 0 Å². The molecule has 0 fully saturated rings. The Hall–Kier alpha value is -2.76. The number of halogens is 1. The maximum atomic E-state index is 13.4. The number of ether oxygens (including phenoxy) is 2. The Labute approximate surface area is 133 Å². The molecule has 23 heavy (non-hydrogen) atoms. The lowest BCUT2D eigenvalue weighted by molar-refractivity contribution is -0.132. The number of aromatic hydroxyl groups is 1. The zero-order valence-corrected chi connectivity index (χ0v) is 12.7. The Balaban J connectivity index is 1.75. The Morgan fingerprint density at radius 2 is 1.74 bits per heavy atom. The number of phenolic OH excluding ortho intramolecular Hbond substituents is 1. The van der Waals surface area contributed by atoms with E-state index in [2.05, 4.69) is 0 Å². The fraction of sp³-hybridized carbons (Fsp3) is 0.235. The molecule has 0 aliphatic carbocycles. The van der Waals surface area contributed by atoms with E-state index in [0.717, 1.165) is 0 Å². The van der Waals surface area contributed by atoms with Gasteiger partial charge in [0.2, 0.25) is 0 Å². The zero-order valence-electron chi connectivity index (χ0n) is 12.7. The molecule has 1 N–H and O–H groups in total. The number of carbonyl (C=O) groups is 1. The monoisotopic (exact) mass is 319 g/mol. The summed E-state index contributed by atoms with van der Waals surface area (Å²) >= 11 is 0. The van der Waals surface area contributed by atoms with Gasteiger partial charge in [-0.2, -0.15) is 0 Å². The normalized spacial score (nSPS) is 10.2. The van der Waals surface area contributed by atoms with Crippen molar-refractivity contribution in [1.29, 1.82) is 0 Å². The highest BCUT2D eigenvalue weighted by Gasteiger charge is 2.11. The lowest BCUT2D eigenvalue weighted by Crippen LogP contribution is -2.34. The molecule has 6 heteroatoms. The number of hydrogen-bond donors (Lipinski definition) is 1. The van der Waals surface area contributed by atoms with Crippen LogP contribution in [0.3, 0.4) is 0 Å². The van der Waals surface area contributed by atoms with E-state index in [9.17, 15) is 14.3 Å². The van der Waals surface area contributed by atoms with Gasteiger partial charge in [-0.3, -0.25) is 4.79 Å². The minimum Gasteiger partial charge on any atom is -0.504 e. The average Bonchev–Trinajstić information content (AvgIpc) is 2.55. The first-order chi connectivity index (χ1) is 11.1. The summed E-state index contributed by atoms with van der Waals surface area (Å²) in [5.41, 5.74) is 0. The third-order valence-corrected chi connectivity index (χ3v) is 3.16. The second-order valence-corrected chi connectivity index (χ2v) is 4.85. The fourth-order valence-corrected chi connectivity index (χ4v) is 1.81. The van der Waals surface area contributed by atoms with Crippen molar-refractivity contribution < 1.29 is 23.8 Å². The molecule has 0 heterocycles. The summed E-state index contributed by atoms with van der Waals surface area (Å²) in [5.74, 6) is -0.337. The van der Waals surface area contributed by atoms with Crippen molar-refractivity contribution in [1.82, 2.24) is 4.90 Å². The molecule has 2 aromatic rings.